The van der Waals surface area contributed by atoms with E-state index < -0.39 is 0 Å². The molecule has 4 heterocycles. The quantitative estimate of drug-likeness (QED) is 0.738. The van der Waals surface area contributed by atoms with Gasteiger partial charge in [-0.25, -0.2) is 9.97 Å². The van der Waals surface area contributed by atoms with Crippen LogP contribution in [0.1, 0.15) is 59.8 Å². The third-order valence-electron chi connectivity index (χ3n) is 5.59. The van der Waals surface area contributed by atoms with Crippen LogP contribution in [-0.2, 0) is 0 Å². The second-order valence-electron chi connectivity index (χ2n) is 7.72. The molecule has 1 aliphatic heterocycles. The van der Waals surface area contributed by atoms with Gasteiger partial charge in [0.15, 0.2) is 0 Å². The van der Waals surface area contributed by atoms with E-state index in [-0.39, 0.29) is 5.91 Å². The highest BCUT2D eigenvalue weighted by atomic mass is 16.5. The molecule has 0 aromatic carbocycles. The largest absolute Gasteiger partial charge is 0.370 e. The molecule has 2 aliphatic rings. The van der Waals surface area contributed by atoms with Crippen molar-refractivity contribution < 1.29 is 9.32 Å². The number of nitrogens with one attached hydrogen (secondary N) is 1. The number of nitrogens with zero attached hydrogens (tertiary/aromatic N) is 4. The van der Waals surface area contributed by atoms with Crippen molar-refractivity contribution in [2.24, 2.45) is 0 Å². The van der Waals surface area contributed by atoms with Crippen molar-refractivity contribution in [2.45, 2.75) is 44.9 Å². The molecule has 7 heteroatoms. The maximum Gasteiger partial charge on any atom is 0.259 e. The lowest BCUT2D eigenvalue weighted by Gasteiger charge is -2.28. The van der Waals surface area contributed by atoms with Gasteiger partial charge in [0.2, 0.25) is 0 Å². The van der Waals surface area contributed by atoms with Crippen molar-refractivity contribution in [3.8, 4) is 0 Å². The Balaban J connectivity index is 1.40. The Morgan fingerprint density at radius 1 is 1.21 bits per heavy atom. The highest BCUT2D eigenvalue weighted by Gasteiger charge is 2.28. The van der Waals surface area contributed by atoms with Crippen molar-refractivity contribution in [2.75, 3.05) is 23.3 Å². The van der Waals surface area contributed by atoms with Gasteiger partial charge in [-0.2, -0.15) is 0 Å². The Kier molecular flexibility index (Phi) is 4.22. The van der Waals surface area contributed by atoms with Gasteiger partial charge in [0.1, 0.15) is 5.82 Å². The fraction of sp³-hybridized carbons (Fsp3) is 0.429. The molecular formula is C21H23N5O2. The molecule has 2 fully saturated rings. The van der Waals surface area contributed by atoms with Crippen LogP contribution in [0.5, 0.6) is 0 Å². The van der Waals surface area contributed by atoms with Gasteiger partial charge in [0, 0.05) is 24.7 Å². The molecule has 144 valence electrons. The minimum absolute atomic E-state index is 0.209. The molecule has 28 heavy (non-hydrogen) atoms. The van der Waals surface area contributed by atoms with E-state index >= 15 is 0 Å². The molecule has 3 aromatic heterocycles. The van der Waals surface area contributed by atoms with Gasteiger partial charge in [-0.3, -0.25) is 4.79 Å². The molecule has 1 saturated carbocycles. The van der Waals surface area contributed by atoms with Gasteiger partial charge in [-0.05, 0) is 57.2 Å². The summed E-state index contributed by atoms with van der Waals surface area (Å²) in [5.74, 6) is 0.750. The molecule has 0 radical (unpaired) electrons. The molecule has 0 atom stereocenters. The third-order valence-corrected chi connectivity index (χ3v) is 5.59. The van der Waals surface area contributed by atoms with Crippen molar-refractivity contribution in [1.29, 1.82) is 0 Å². The first-order valence-electron chi connectivity index (χ1n) is 9.98. The third kappa shape index (κ3) is 3.21. The molecule has 3 aromatic rings. The first-order valence-corrected chi connectivity index (χ1v) is 9.98. The number of amides is 1. The van der Waals surface area contributed by atoms with E-state index in [0.29, 0.717) is 34.1 Å². The number of aromatic nitrogens is 3. The Hall–Kier alpha value is -2.96. The first kappa shape index (κ1) is 17.2. The lowest BCUT2D eigenvalue weighted by Crippen LogP contribution is -2.29. The number of carbonyl (C=O) groups excluding carboxylic acids is 1. The fourth-order valence-corrected chi connectivity index (χ4v) is 3.86. The van der Waals surface area contributed by atoms with Crippen LogP contribution in [0.3, 0.4) is 0 Å². The molecule has 0 unspecified atom stereocenters. The van der Waals surface area contributed by atoms with E-state index in [9.17, 15) is 4.79 Å². The van der Waals surface area contributed by atoms with Gasteiger partial charge >= 0.3 is 0 Å². The number of fused-ring (bicyclic) bond motifs is 1. The van der Waals surface area contributed by atoms with Gasteiger partial charge in [-0.15, -0.1) is 0 Å². The topological polar surface area (TPSA) is 84.1 Å². The number of rotatable bonds is 4. The summed E-state index contributed by atoms with van der Waals surface area (Å²) in [7, 11) is 0. The van der Waals surface area contributed by atoms with Crippen LogP contribution >= 0.6 is 0 Å². The lowest BCUT2D eigenvalue weighted by atomic mass is 10.1. The number of hydrogen-bond acceptors (Lipinski definition) is 6. The van der Waals surface area contributed by atoms with Gasteiger partial charge in [0.05, 0.1) is 28.5 Å². The van der Waals surface area contributed by atoms with Crippen LogP contribution in [0.25, 0.3) is 11.1 Å². The van der Waals surface area contributed by atoms with Crippen LogP contribution < -0.4 is 10.2 Å². The SMILES string of the molecule is Cc1noc2nc(C3CC3)cc(C(=O)Nc3ccc(N4CCCCC4)cn3)c12. The minimum atomic E-state index is -0.209. The Labute approximate surface area is 163 Å². The second-order valence-corrected chi connectivity index (χ2v) is 7.72. The Morgan fingerprint density at radius 2 is 2.04 bits per heavy atom. The van der Waals surface area contributed by atoms with Crippen molar-refractivity contribution >= 4 is 28.5 Å². The average Bonchev–Trinajstić information content (AvgIpc) is 3.52. The standard InChI is InChI=1S/C21H23N5O2/c1-13-19-16(11-17(14-5-6-14)23-21(19)28-25-13)20(27)24-18-8-7-15(12-22-18)26-9-3-2-4-10-26/h7-8,11-12,14H,2-6,9-10H2,1H3,(H,22,24,27). The highest BCUT2D eigenvalue weighted by Crippen LogP contribution is 2.40. The smallest absolute Gasteiger partial charge is 0.259 e. The number of hydrogen-bond donors (Lipinski definition) is 1. The Bertz CT molecular complexity index is 1020. The zero-order valence-corrected chi connectivity index (χ0v) is 15.9. The minimum Gasteiger partial charge on any atom is -0.370 e. The summed E-state index contributed by atoms with van der Waals surface area (Å²) >= 11 is 0. The zero-order valence-electron chi connectivity index (χ0n) is 15.9. The summed E-state index contributed by atoms with van der Waals surface area (Å²) < 4.78 is 5.33. The normalized spacial score (nSPS) is 17.1. The van der Waals surface area contributed by atoms with E-state index in [1.807, 2.05) is 31.3 Å². The van der Waals surface area contributed by atoms with Crippen LogP contribution in [0.4, 0.5) is 11.5 Å². The summed E-state index contributed by atoms with van der Waals surface area (Å²) in [6.07, 6.45) is 7.78. The van der Waals surface area contributed by atoms with E-state index in [4.69, 9.17) is 4.52 Å². The van der Waals surface area contributed by atoms with Crippen LogP contribution in [0.15, 0.2) is 28.9 Å². The van der Waals surface area contributed by atoms with Crippen molar-refractivity contribution in [1.82, 2.24) is 15.1 Å². The summed E-state index contributed by atoms with van der Waals surface area (Å²) in [5.41, 5.74) is 3.66. The van der Waals surface area contributed by atoms with Gasteiger partial charge in [0.25, 0.3) is 11.6 Å². The molecule has 1 saturated heterocycles. The van der Waals surface area contributed by atoms with Crippen molar-refractivity contribution in [3.63, 3.8) is 0 Å². The van der Waals surface area contributed by atoms with Crippen molar-refractivity contribution in [3.05, 3.63) is 41.3 Å². The van der Waals surface area contributed by atoms with Gasteiger partial charge < -0.3 is 14.7 Å². The van der Waals surface area contributed by atoms with E-state index in [1.165, 1.54) is 19.3 Å². The predicted octanol–water partition coefficient (Wildman–Crippen LogP) is 4.05. The average molecular weight is 377 g/mol. The first-order chi connectivity index (χ1) is 13.7. The maximum atomic E-state index is 13.0. The summed E-state index contributed by atoms with van der Waals surface area (Å²) in [4.78, 5) is 24.3. The lowest BCUT2D eigenvalue weighted by molar-refractivity contribution is 0.102. The molecule has 1 aliphatic carbocycles. The number of piperidine rings is 1. The molecule has 1 amide bonds. The van der Waals surface area contributed by atoms with Crippen LogP contribution in [0.2, 0.25) is 0 Å². The van der Waals surface area contributed by atoms with Crippen LogP contribution in [0, 0.1) is 6.92 Å². The number of pyridine rings is 2. The zero-order chi connectivity index (χ0) is 19.1. The Morgan fingerprint density at radius 3 is 2.75 bits per heavy atom. The summed E-state index contributed by atoms with van der Waals surface area (Å²) in [5, 5.41) is 7.58. The molecule has 0 spiro atoms. The molecule has 1 N–H and O–H groups in total. The number of aryl methyl sites for hydroxylation is 1. The second kappa shape index (κ2) is 6.89. The highest BCUT2D eigenvalue weighted by molar-refractivity contribution is 6.12. The monoisotopic (exact) mass is 377 g/mol. The maximum absolute atomic E-state index is 13.0. The van der Waals surface area contributed by atoms with E-state index in [2.05, 4.69) is 25.3 Å². The molecular weight excluding hydrogens is 354 g/mol. The van der Waals surface area contributed by atoms with Gasteiger partial charge in [-0.1, -0.05) is 5.16 Å². The van der Waals surface area contributed by atoms with E-state index in [0.717, 1.165) is 37.3 Å². The number of carbonyl (C=O) groups is 1. The molecule has 0 bridgehead atoms. The van der Waals surface area contributed by atoms with E-state index in [1.54, 1.807) is 0 Å². The predicted molar refractivity (Wildman–Crippen MR) is 107 cm³/mol. The number of anilines is 2. The summed E-state index contributed by atoms with van der Waals surface area (Å²) in [6, 6.07) is 5.76. The summed E-state index contributed by atoms with van der Waals surface area (Å²) in [6.45, 7) is 3.96. The fourth-order valence-electron chi connectivity index (χ4n) is 3.86. The van der Waals surface area contributed by atoms with Crippen LogP contribution in [-0.4, -0.2) is 34.1 Å². The molecule has 7 nitrogen and oxygen atoms in total. The molecule has 5 rings (SSSR count).